The molecule has 0 amide bonds. The first-order valence-electron chi connectivity index (χ1n) is 7.15. The van der Waals surface area contributed by atoms with Crippen molar-refractivity contribution in [1.82, 2.24) is 5.32 Å². The number of nitriles is 1. The van der Waals surface area contributed by atoms with Crippen LogP contribution in [0.15, 0.2) is 45.7 Å². The lowest BCUT2D eigenvalue weighted by Crippen LogP contribution is -2.27. The third-order valence-corrected chi connectivity index (χ3v) is 4.38. The molecule has 1 atom stereocenters. The van der Waals surface area contributed by atoms with Crippen LogP contribution in [-0.4, -0.2) is 26.8 Å². The van der Waals surface area contributed by atoms with Crippen molar-refractivity contribution < 1.29 is 18.7 Å². The highest BCUT2D eigenvalue weighted by Crippen LogP contribution is 2.40. The highest BCUT2D eigenvalue weighted by molar-refractivity contribution is 9.10. The number of nitrogens with zero attached hydrogens (tertiary/aromatic N) is 1. The maximum atomic E-state index is 13.4. The van der Waals surface area contributed by atoms with Crippen molar-refractivity contribution in [1.29, 1.82) is 5.26 Å². The number of allylic oxidation sites excluding steroid dienone is 1. The Morgan fingerprint density at radius 1 is 1.46 bits per heavy atom. The first kappa shape index (κ1) is 18.2. The van der Waals surface area contributed by atoms with Gasteiger partial charge in [-0.05, 0) is 17.7 Å². The summed E-state index contributed by atoms with van der Waals surface area (Å²) in [6.45, 7) is 0.399. The Kier molecular flexibility index (Phi) is 6.12. The van der Waals surface area contributed by atoms with Gasteiger partial charge in [0.1, 0.15) is 5.82 Å². The first-order valence-corrected chi connectivity index (χ1v) is 7.94. The molecule has 1 unspecified atom stereocenters. The zero-order valence-corrected chi connectivity index (χ0v) is 14.8. The molecule has 0 bridgehead atoms. The van der Waals surface area contributed by atoms with Crippen molar-refractivity contribution in [2.45, 2.75) is 12.3 Å². The summed E-state index contributed by atoms with van der Waals surface area (Å²) in [5, 5.41) is 12.4. The second-order valence-corrected chi connectivity index (χ2v) is 5.94. The van der Waals surface area contributed by atoms with E-state index in [1.807, 2.05) is 0 Å². The molecule has 0 aliphatic carbocycles. The molecule has 1 aromatic carbocycles. The van der Waals surface area contributed by atoms with Gasteiger partial charge >= 0.3 is 5.97 Å². The molecule has 24 heavy (non-hydrogen) atoms. The highest BCUT2D eigenvalue weighted by Gasteiger charge is 2.34. The monoisotopic (exact) mass is 394 g/mol. The second kappa shape index (κ2) is 8.08. The Balaban J connectivity index is 2.61. The van der Waals surface area contributed by atoms with Crippen LogP contribution in [0, 0.1) is 17.1 Å². The van der Waals surface area contributed by atoms with Crippen molar-refractivity contribution in [2.75, 3.05) is 20.8 Å². The maximum absolute atomic E-state index is 13.4. The van der Waals surface area contributed by atoms with Crippen LogP contribution in [0.25, 0.3) is 0 Å². The predicted molar refractivity (Wildman–Crippen MR) is 89.2 cm³/mol. The molecule has 0 saturated heterocycles. The fourth-order valence-corrected chi connectivity index (χ4v) is 3.15. The molecular weight excluding hydrogens is 379 g/mol. The molecule has 0 aromatic heterocycles. The third kappa shape index (κ3) is 3.66. The predicted octanol–water partition coefficient (Wildman–Crippen LogP) is 3.15. The third-order valence-electron chi connectivity index (χ3n) is 3.69. The smallest absolute Gasteiger partial charge is 0.336 e. The molecule has 0 spiro atoms. The van der Waals surface area contributed by atoms with E-state index in [9.17, 15) is 14.4 Å². The number of rotatable bonds is 5. The largest absolute Gasteiger partial charge is 0.466 e. The molecule has 126 valence electrons. The summed E-state index contributed by atoms with van der Waals surface area (Å²) < 4.78 is 23.9. The molecular formula is C17H16BrFN2O3. The minimum Gasteiger partial charge on any atom is -0.466 e. The van der Waals surface area contributed by atoms with Crippen molar-refractivity contribution in [3.8, 4) is 6.07 Å². The van der Waals surface area contributed by atoms with Crippen molar-refractivity contribution in [3.05, 3.63) is 57.1 Å². The first-order chi connectivity index (χ1) is 11.5. The summed E-state index contributed by atoms with van der Waals surface area (Å²) in [5.74, 6) is -1.61. The minimum atomic E-state index is -0.648. The van der Waals surface area contributed by atoms with Crippen LogP contribution in [0.2, 0.25) is 0 Å². The molecule has 1 heterocycles. The molecule has 1 aliphatic rings. The van der Waals surface area contributed by atoms with Crippen LogP contribution in [-0.2, 0) is 14.3 Å². The van der Waals surface area contributed by atoms with E-state index < -0.39 is 17.7 Å². The fourth-order valence-electron chi connectivity index (χ4n) is 2.57. The topological polar surface area (TPSA) is 71.3 Å². The fraction of sp³-hybridized carbons (Fsp3) is 0.294. The SMILES string of the molecule is COCCC1=C(C(=O)OC)C(c2ccc(F)cc2Br)C(C#N)=CN1. The van der Waals surface area contributed by atoms with Gasteiger partial charge in [-0.2, -0.15) is 5.26 Å². The number of benzene rings is 1. The number of hydrogen-bond donors (Lipinski definition) is 1. The van der Waals surface area contributed by atoms with Crippen LogP contribution in [0.5, 0.6) is 0 Å². The summed E-state index contributed by atoms with van der Waals surface area (Å²) in [7, 11) is 2.84. The number of hydrogen-bond acceptors (Lipinski definition) is 5. The average Bonchev–Trinajstić information content (AvgIpc) is 2.58. The van der Waals surface area contributed by atoms with Gasteiger partial charge in [0, 0.05) is 29.9 Å². The van der Waals surface area contributed by atoms with E-state index in [0.717, 1.165) is 0 Å². The lowest BCUT2D eigenvalue weighted by atomic mass is 9.82. The number of nitrogens with one attached hydrogen (secondary N) is 1. The normalized spacial score (nSPS) is 17.0. The zero-order chi connectivity index (χ0) is 17.7. The second-order valence-electron chi connectivity index (χ2n) is 5.08. The molecule has 2 rings (SSSR count). The minimum absolute atomic E-state index is 0.320. The van der Waals surface area contributed by atoms with Gasteiger partial charge in [-0.15, -0.1) is 0 Å². The number of dihydropyridines is 1. The quantitative estimate of drug-likeness (QED) is 0.776. The molecule has 0 radical (unpaired) electrons. The van der Waals surface area contributed by atoms with E-state index in [1.165, 1.54) is 19.2 Å². The van der Waals surface area contributed by atoms with E-state index in [1.54, 1.807) is 19.4 Å². The van der Waals surface area contributed by atoms with Crippen molar-refractivity contribution >= 4 is 21.9 Å². The lowest BCUT2D eigenvalue weighted by Gasteiger charge is -2.27. The Labute approximate surface area is 147 Å². The molecule has 0 fully saturated rings. The van der Waals surface area contributed by atoms with Crippen LogP contribution in [0.4, 0.5) is 4.39 Å². The van der Waals surface area contributed by atoms with Gasteiger partial charge in [0.15, 0.2) is 0 Å². The van der Waals surface area contributed by atoms with E-state index in [0.29, 0.717) is 39.9 Å². The number of halogens is 2. The van der Waals surface area contributed by atoms with Crippen LogP contribution in [0.1, 0.15) is 17.9 Å². The molecule has 1 aliphatic heterocycles. The highest BCUT2D eigenvalue weighted by atomic mass is 79.9. The molecule has 7 heteroatoms. The number of ether oxygens (including phenoxy) is 2. The van der Waals surface area contributed by atoms with E-state index in [2.05, 4.69) is 27.3 Å². The zero-order valence-electron chi connectivity index (χ0n) is 13.2. The number of esters is 1. The Morgan fingerprint density at radius 2 is 2.21 bits per heavy atom. The summed E-state index contributed by atoms with van der Waals surface area (Å²) in [5.41, 5.74) is 1.88. The van der Waals surface area contributed by atoms with E-state index in [-0.39, 0.29) is 0 Å². The van der Waals surface area contributed by atoms with E-state index >= 15 is 0 Å². The Morgan fingerprint density at radius 3 is 2.79 bits per heavy atom. The maximum Gasteiger partial charge on any atom is 0.336 e. The van der Waals surface area contributed by atoms with Gasteiger partial charge in [-0.25, -0.2) is 9.18 Å². The summed E-state index contributed by atoms with van der Waals surface area (Å²) >= 11 is 3.31. The number of carbonyl (C=O) groups is 1. The molecule has 0 saturated carbocycles. The average molecular weight is 395 g/mol. The van der Waals surface area contributed by atoms with E-state index in [4.69, 9.17) is 9.47 Å². The van der Waals surface area contributed by atoms with Gasteiger partial charge in [0.05, 0.1) is 36.9 Å². The Hall–Kier alpha value is -2.17. The Bertz CT molecular complexity index is 753. The van der Waals surface area contributed by atoms with Gasteiger partial charge in [-0.1, -0.05) is 22.0 Å². The van der Waals surface area contributed by atoms with Crippen LogP contribution >= 0.6 is 15.9 Å². The van der Waals surface area contributed by atoms with Crippen LogP contribution < -0.4 is 5.32 Å². The summed E-state index contributed by atoms with van der Waals surface area (Å²) in [4.78, 5) is 12.4. The molecule has 1 aromatic rings. The number of carbonyl (C=O) groups excluding carboxylic acids is 1. The molecule has 1 N–H and O–H groups in total. The van der Waals surface area contributed by atoms with Crippen molar-refractivity contribution in [2.24, 2.45) is 0 Å². The van der Waals surface area contributed by atoms with Gasteiger partial charge in [0.2, 0.25) is 0 Å². The molecule has 5 nitrogen and oxygen atoms in total. The summed E-state index contributed by atoms with van der Waals surface area (Å²) in [6, 6.07) is 6.24. The van der Waals surface area contributed by atoms with Gasteiger partial charge in [-0.3, -0.25) is 0 Å². The lowest BCUT2D eigenvalue weighted by molar-refractivity contribution is -0.136. The van der Waals surface area contributed by atoms with Gasteiger partial charge < -0.3 is 14.8 Å². The summed E-state index contributed by atoms with van der Waals surface area (Å²) in [6.07, 6.45) is 2.00. The number of methoxy groups -OCH3 is 2. The van der Waals surface area contributed by atoms with Gasteiger partial charge in [0.25, 0.3) is 0 Å². The van der Waals surface area contributed by atoms with Crippen LogP contribution in [0.3, 0.4) is 0 Å². The van der Waals surface area contributed by atoms with Crippen molar-refractivity contribution in [3.63, 3.8) is 0 Å². The standard InChI is InChI=1S/C17H16BrFN2O3/c1-23-6-5-14-16(17(22)24-2)15(10(8-20)9-21-14)12-4-3-11(19)7-13(12)18/h3-4,7,9,15,21H,5-6H2,1-2H3.